The highest BCUT2D eigenvalue weighted by Crippen LogP contribution is 2.21. The Morgan fingerprint density at radius 1 is 1.29 bits per heavy atom. The summed E-state index contributed by atoms with van der Waals surface area (Å²) in [6, 6.07) is 4.80. The van der Waals surface area contributed by atoms with E-state index in [0.717, 1.165) is 38.2 Å². The Bertz CT molecular complexity index is 577. The smallest absolute Gasteiger partial charge is 0.0961 e. The minimum Gasteiger partial charge on any atom is -0.382 e. The third-order valence-corrected chi connectivity index (χ3v) is 3.95. The van der Waals surface area contributed by atoms with Gasteiger partial charge < -0.3 is 14.6 Å². The number of benzene rings is 1. The van der Waals surface area contributed by atoms with Crippen molar-refractivity contribution < 1.29 is 4.74 Å². The Morgan fingerprint density at radius 3 is 2.81 bits per heavy atom. The van der Waals surface area contributed by atoms with Gasteiger partial charge in [-0.1, -0.05) is 0 Å². The molecule has 0 amide bonds. The molecule has 1 N–H and O–H groups in total. The van der Waals surface area contributed by atoms with Crippen molar-refractivity contribution in [2.45, 2.75) is 40.2 Å². The van der Waals surface area contributed by atoms with Crippen LogP contribution in [0.3, 0.4) is 0 Å². The summed E-state index contributed by atoms with van der Waals surface area (Å²) in [7, 11) is 0. The fraction of sp³-hybridized carbons (Fsp3) is 0.588. The van der Waals surface area contributed by atoms with Crippen molar-refractivity contribution in [1.82, 2.24) is 14.9 Å². The molecule has 21 heavy (non-hydrogen) atoms. The lowest BCUT2D eigenvalue weighted by molar-refractivity contribution is 0.144. The van der Waals surface area contributed by atoms with Crippen LogP contribution in [-0.2, 0) is 4.74 Å². The molecular weight excluding hydrogens is 262 g/mol. The summed E-state index contributed by atoms with van der Waals surface area (Å²) in [6.07, 6.45) is 3.01. The number of ether oxygens (including phenoxy) is 1. The van der Waals surface area contributed by atoms with Crippen LogP contribution in [0.25, 0.3) is 11.0 Å². The third-order valence-electron chi connectivity index (χ3n) is 3.95. The van der Waals surface area contributed by atoms with Gasteiger partial charge in [0.1, 0.15) is 0 Å². The van der Waals surface area contributed by atoms with Gasteiger partial charge in [0.25, 0.3) is 0 Å². The van der Waals surface area contributed by atoms with Gasteiger partial charge in [-0.15, -0.1) is 0 Å². The van der Waals surface area contributed by atoms with E-state index in [1.54, 1.807) is 0 Å². The van der Waals surface area contributed by atoms with Crippen molar-refractivity contribution in [1.29, 1.82) is 0 Å². The van der Waals surface area contributed by atoms with Crippen LogP contribution in [-0.4, -0.2) is 35.9 Å². The molecule has 2 rings (SSSR count). The summed E-state index contributed by atoms with van der Waals surface area (Å²) in [5, 5.41) is 3.49. The second-order valence-electron chi connectivity index (χ2n) is 5.68. The summed E-state index contributed by atoms with van der Waals surface area (Å²) in [4.78, 5) is 4.53. The molecule has 0 bridgehead atoms. The van der Waals surface area contributed by atoms with Crippen molar-refractivity contribution in [2.75, 3.05) is 26.3 Å². The number of imidazole rings is 1. The Morgan fingerprint density at radius 2 is 2.05 bits per heavy atom. The topological polar surface area (TPSA) is 39.1 Å². The van der Waals surface area contributed by atoms with Gasteiger partial charge in [-0.2, -0.15) is 0 Å². The first-order valence-corrected chi connectivity index (χ1v) is 7.85. The quantitative estimate of drug-likeness (QED) is 0.758. The number of nitrogens with zero attached hydrogens (tertiary/aromatic N) is 2. The molecule has 0 aliphatic carbocycles. The first kappa shape index (κ1) is 16.0. The van der Waals surface area contributed by atoms with Gasteiger partial charge in [0.05, 0.1) is 17.4 Å². The fourth-order valence-electron chi connectivity index (χ4n) is 2.49. The van der Waals surface area contributed by atoms with E-state index >= 15 is 0 Å². The molecule has 0 spiro atoms. The average Bonchev–Trinajstić information content (AvgIpc) is 2.86. The predicted octanol–water partition coefficient (Wildman–Crippen LogP) is 3.23. The molecule has 4 nitrogen and oxygen atoms in total. The van der Waals surface area contributed by atoms with Crippen LogP contribution < -0.4 is 5.32 Å². The van der Waals surface area contributed by atoms with Crippen molar-refractivity contribution >= 4 is 11.0 Å². The van der Waals surface area contributed by atoms with E-state index in [2.05, 4.69) is 47.8 Å². The highest BCUT2D eigenvalue weighted by Gasteiger charge is 2.10. The Balaban J connectivity index is 1.93. The van der Waals surface area contributed by atoms with E-state index in [-0.39, 0.29) is 0 Å². The Kier molecular flexibility index (Phi) is 5.76. The SMILES string of the molecule is CCOCCCNCC(C)n1cnc2cc(C)c(C)cc21. The molecule has 0 aliphatic heterocycles. The normalized spacial score (nSPS) is 13.0. The molecule has 0 radical (unpaired) electrons. The van der Waals surface area contributed by atoms with E-state index in [1.165, 1.54) is 16.6 Å². The Labute approximate surface area is 127 Å². The van der Waals surface area contributed by atoms with Crippen molar-refractivity contribution in [2.24, 2.45) is 0 Å². The van der Waals surface area contributed by atoms with E-state index in [4.69, 9.17) is 4.74 Å². The van der Waals surface area contributed by atoms with Gasteiger partial charge >= 0.3 is 0 Å². The highest BCUT2D eigenvalue weighted by molar-refractivity contribution is 5.77. The molecule has 0 fully saturated rings. The summed E-state index contributed by atoms with van der Waals surface area (Å²) in [5.74, 6) is 0. The lowest BCUT2D eigenvalue weighted by atomic mass is 10.1. The first-order valence-electron chi connectivity index (χ1n) is 7.85. The van der Waals surface area contributed by atoms with E-state index in [0.29, 0.717) is 6.04 Å². The largest absolute Gasteiger partial charge is 0.382 e. The molecule has 1 heterocycles. The molecule has 0 saturated carbocycles. The number of hydrogen-bond acceptors (Lipinski definition) is 3. The maximum Gasteiger partial charge on any atom is 0.0961 e. The highest BCUT2D eigenvalue weighted by atomic mass is 16.5. The second kappa shape index (κ2) is 7.57. The zero-order valence-electron chi connectivity index (χ0n) is 13.6. The molecule has 2 aromatic rings. The minimum absolute atomic E-state index is 0.393. The summed E-state index contributed by atoms with van der Waals surface area (Å²) in [5.41, 5.74) is 4.93. The number of rotatable bonds is 8. The molecule has 1 aromatic heterocycles. The van der Waals surface area contributed by atoms with Crippen LogP contribution in [0.5, 0.6) is 0 Å². The van der Waals surface area contributed by atoms with Crippen molar-refractivity contribution in [3.05, 3.63) is 29.6 Å². The monoisotopic (exact) mass is 289 g/mol. The Hall–Kier alpha value is -1.39. The molecule has 1 aromatic carbocycles. The van der Waals surface area contributed by atoms with Gasteiger partial charge in [-0.3, -0.25) is 0 Å². The molecule has 1 atom stereocenters. The van der Waals surface area contributed by atoms with Gasteiger partial charge in [-0.05, 0) is 63.9 Å². The van der Waals surface area contributed by atoms with Crippen LogP contribution in [0.15, 0.2) is 18.5 Å². The molecule has 0 saturated heterocycles. The summed E-state index contributed by atoms with van der Waals surface area (Å²) >= 11 is 0. The first-order chi connectivity index (χ1) is 10.1. The van der Waals surface area contributed by atoms with Crippen LogP contribution in [0.1, 0.15) is 37.4 Å². The molecule has 1 unspecified atom stereocenters. The number of fused-ring (bicyclic) bond motifs is 1. The van der Waals surface area contributed by atoms with Crippen LogP contribution in [0.4, 0.5) is 0 Å². The number of hydrogen-bond donors (Lipinski definition) is 1. The minimum atomic E-state index is 0.393. The van der Waals surface area contributed by atoms with E-state index in [1.807, 2.05) is 13.3 Å². The number of aryl methyl sites for hydroxylation is 2. The maximum atomic E-state index is 5.34. The lowest BCUT2D eigenvalue weighted by Crippen LogP contribution is -2.25. The summed E-state index contributed by atoms with van der Waals surface area (Å²) in [6.45, 7) is 12.1. The van der Waals surface area contributed by atoms with Gasteiger partial charge in [-0.25, -0.2) is 4.98 Å². The van der Waals surface area contributed by atoms with E-state index < -0.39 is 0 Å². The predicted molar refractivity (Wildman–Crippen MR) is 87.9 cm³/mol. The van der Waals surface area contributed by atoms with Gasteiger partial charge in [0, 0.05) is 25.8 Å². The van der Waals surface area contributed by atoms with Gasteiger partial charge in [0.2, 0.25) is 0 Å². The van der Waals surface area contributed by atoms with Crippen molar-refractivity contribution in [3.8, 4) is 0 Å². The van der Waals surface area contributed by atoms with Crippen LogP contribution >= 0.6 is 0 Å². The van der Waals surface area contributed by atoms with Crippen LogP contribution in [0.2, 0.25) is 0 Å². The molecule has 116 valence electrons. The fourth-order valence-corrected chi connectivity index (χ4v) is 2.49. The summed E-state index contributed by atoms with van der Waals surface area (Å²) < 4.78 is 7.60. The maximum absolute atomic E-state index is 5.34. The number of nitrogens with one attached hydrogen (secondary N) is 1. The molecule has 4 heteroatoms. The van der Waals surface area contributed by atoms with Gasteiger partial charge in [0.15, 0.2) is 0 Å². The lowest BCUT2D eigenvalue weighted by Gasteiger charge is -2.16. The van der Waals surface area contributed by atoms with Crippen LogP contribution in [0, 0.1) is 13.8 Å². The number of aromatic nitrogens is 2. The van der Waals surface area contributed by atoms with E-state index in [9.17, 15) is 0 Å². The average molecular weight is 289 g/mol. The zero-order chi connectivity index (χ0) is 15.2. The van der Waals surface area contributed by atoms with Crippen molar-refractivity contribution in [3.63, 3.8) is 0 Å². The standard InChI is InChI=1S/C17H27N3O/c1-5-21-8-6-7-18-11-15(4)20-12-19-16-9-13(2)14(3)10-17(16)20/h9-10,12,15,18H,5-8,11H2,1-4H3. The molecular formula is C17H27N3O. The molecule has 0 aliphatic rings. The second-order valence-corrected chi connectivity index (χ2v) is 5.68. The zero-order valence-corrected chi connectivity index (χ0v) is 13.6. The third kappa shape index (κ3) is 4.05.